The minimum absolute atomic E-state index is 0.0615. The number of carbonyl (C=O) groups is 1. The van der Waals surface area contributed by atoms with Crippen molar-refractivity contribution in [1.82, 2.24) is 19.4 Å². The quantitative estimate of drug-likeness (QED) is 0.299. The van der Waals surface area contributed by atoms with Crippen molar-refractivity contribution >= 4 is 11.3 Å². The van der Waals surface area contributed by atoms with E-state index in [0.29, 0.717) is 35.1 Å². The van der Waals surface area contributed by atoms with Crippen molar-refractivity contribution in [2.24, 2.45) is 0 Å². The van der Waals surface area contributed by atoms with Crippen LogP contribution in [0.5, 0.6) is 5.88 Å². The van der Waals surface area contributed by atoms with Gasteiger partial charge in [-0.25, -0.2) is 17.7 Å². The van der Waals surface area contributed by atoms with Crippen LogP contribution in [-0.4, -0.2) is 36.9 Å². The van der Waals surface area contributed by atoms with Gasteiger partial charge in [0.05, 0.1) is 41.2 Å². The number of ketones is 1. The number of nitrogens with zero attached hydrogens (tertiary/aromatic N) is 4. The summed E-state index contributed by atoms with van der Waals surface area (Å²) in [5, 5.41) is 18.1. The number of rotatable bonds is 8. The van der Waals surface area contributed by atoms with Crippen LogP contribution in [0.2, 0.25) is 0 Å². The Hall–Kier alpha value is -3.66. The Morgan fingerprint density at radius 1 is 1.00 bits per heavy atom. The number of hydrogen-bond donors (Lipinski definition) is 1. The highest BCUT2D eigenvalue weighted by molar-refractivity contribution is 6.04. The van der Waals surface area contributed by atoms with Gasteiger partial charge in [-0.15, -0.1) is 0 Å². The Morgan fingerprint density at radius 3 is 2.43 bits per heavy atom. The van der Waals surface area contributed by atoms with E-state index in [1.54, 1.807) is 30.7 Å². The van der Waals surface area contributed by atoms with Crippen LogP contribution in [0.4, 0.5) is 13.2 Å². The van der Waals surface area contributed by atoms with Crippen LogP contribution in [0, 0.1) is 45.1 Å². The van der Waals surface area contributed by atoms with Crippen LogP contribution in [0.3, 0.4) is 0 Å². The molecule has 3 heterocycles. The lowest BCUT2D eigenvalue weighted by Gasteiger charge is -2.11. The summed E-state index contributed by atoms with van der Waals surface area (Å²) in [6.45, 7) is 6.87. The van der Waals surface area contributed by atoms with Crippen LogP contribution >= 0.6 is 0 Å². The molecule has 4 aromatic rings. The van der Waals surface area contributed by atoms with Gasteiger partial charge in [0.2, 0.25) is 5.88 Å². The second-order valence-electron chi connectivity index (χ2n) is 8.43. The van der Waals surface area contributed by atoms with Crippen molar-refractivity contribution in [2.45, 2.75) is 47.3 Å². The summed E-state index contributed by atoms with van der Waals surface area (Å²) in [6, 6.07) is 4.95. The first kappa shape index (κ1) is 24.5. The molecule has 10 heteroatoms. The highest BCUT2D eigenvalue weighted by Gasteiger charge is 2.23. The fraction of sp³-hybridized carbons (Fsp3) is 0.320. The second-order valence-corrected chi connectivity index (χ2v) is 8.43. The monoisotopic (exact) mass is 486 g/mol. The molecule has 0 aliphatic carbocycles. The van der Waals surface area contributed by atoms with Gasteiger partial charge in [0, 0.05) is 23.7 Å². The fourth-order valence-corrected chi connectivity index (χ4v) is 4.21. The van der Waals surface area contributed by atoms with E-state index in [9.17, 15) is 23.1 Å². The maximum atomic E-state index is 14.1. The minimum atomic E-state index is -1.31. The molecule has 4 rings (SSSR count). The number of ether oxygens (including phenoxy) is 1. The summed E-state index contributed by atoms with van der Waals surface area (Å²) in [6.07, 6.45) is 0.0924. The van der Waals surface area contributed by atoms with Gasteiger partial charge in [-0.2, -0.15) is 10.2 Å². The first-order chi connectivity index (χ1) is 16.6. The fourth-order valence-electron chi connectivity index (χ4n) is 4.21. The summed E-state index contributed by atoms with van der Waals surface area (Å²) in [7, 11) is 0. The number of aryl methyl sites for hydroxylation is 3. The van der Waals surface area contributed by atoms with E-state index in [0.717, 1.165) is 22.9 Å². The number of aromatic nitrogens is 4. The number of fused-ring (bicyclic) bond motifs is 1. The molecule has 1 N–H and O–H groups in total. The molecular formula is C25H25F3N4O3. The van der Waals surface area contributed by atoms with Crippen LogP contribution in [0.1, 0.15) is 44.1 Å². The summed E-state index contributed by atoms with van der Waals surface area (Å²) < 4.78 is 50.4. The Labute approximate surface area is 199 Å². The van der Waals surface area contributed by atoms with Gasteiger partial charge < -0.3 is 9.84 Å². The van der Waals surface area contributed by atoms with Gasteiger partial charge >= 0.3 is 0 Å². The lowest BCUT2D eigenvalue weighted by Crippen LogP contribution is -2.09. The first-order valence-corrected chi connectivity index (χ1v) is 11.0. The Morgan fingerprint density at radius 2 is 1.71 bits per heavy atom. The molecule has 0 fully saturated rings. The number of halogens is 3. The van der Waals surface area contributed by atoms with E-state index < -0.39 is 29.6 Å². The molecular weight excluding hydrogens is 461 g/mol. The van der Waals surface area contributed by atoms with E-state index in [2.05, 4.69) is 10.2 Å². The van der Waals surface area contributed by atoms with Crippen molar-refractivity contribution in [3.05, 3.63) is 81.1 Å². The number of aliphatic hydroxyl groups excluding tert-OH is 1. The maximum Gasteiger partial charge on any atom is 0.215 e. The molecule has 0 spiro atoms. The molecule has 0 amide bonds. The Bertz CT molecular complexity index is 1440. The van der Waals surface area contributed by atoms with E-state index >= 15 is 0 Å². The highest BCUT2D eigenvalue weighted by Crippen LogP contribution is 2.27. The van der Waals surface area contributed by atoms with Crippen LogP contribution in [0.15, 0.2) is 24.3 Å². The third-order valence-corrected chi connectivity index (χ3v) is 5.98. The average molecular weight is 486 g/mol. The summed E-state index contributed by atoms with van der Waals surface area (Å²) in [5.41, 5.74) is 3.85. The Kier molecular flexibility index (Phi) is 6.66. The molecule has 0 bridgehead atoms. The number of benzene rings is 1. The predicted molar refractivity (Wildman–Crippen MR) is 122 cm³/mol. The predicted octanol–water partition coefficient (Wildman–Crippen LogP) is 4.18. The first-order valence-electron chi connectivity index (χ1n) is 11.0. The van der Waals surface area contributed by atoms with E-state index in [4.69, 9.17) is 4.74 Å². The molecule has 0 aliphatic rings. The topological polar surface area (TPSA) is 81.7 Å². The summed E-state index contributed by atoms with van der Waals surface area (Å²) >= 11 is 0. The van der Waals surface area contributed by atoms with Crippen molar-refractivity contribution in [3.8, 4) is 5.88 Å². The van der Waals surface area contributed by atoms with Crippen molar-refractivity contribution in [1.29, 1.82) is 0 Å². The van der Waals surface area contributed by atoms with Gasteiger partial charge in [0.15, 0.2) is 17.4 Å². The van der Waals surface area contributed by atoms with Crippen molar-refractivity contribution < 1.29 is 27.8 Å². The zero-order valence-corrected chi connectivity index (χ0v) is 19.8. The molecule has 0 atom stereocenters. The summed E-state index contributed by atoms with van der Waals surface area (Å²) in [5.74, 6) is -3.42. The second kappa shape index (κ2) is 9.53. The van der Waals surface area contributed by atoms with Gasteiger partial charge in [-0.05, 0) is 51.5 Å². The minimum Gasteiger partial charge on any atom is -0.473 e. The van der Waals surface area contributed by atoms with Crippen molar-refractivity contribution in [3.63, 3.8) is 0 Å². The molecule has 7 nitrogen and oxygen atoms in total. The third kappa shape index (κ3) is 4.53. The number of hydrogen-bond acceptors (Lipinski definition) is 5. The van der Waals surface area contributed by atoms with Crippen LogP contribution < -0.4 is 4.74 Å². The molecule has 0 saturated heterocycles. The number of carbonyl (C=O) groups excluding carboxylic acids is 1. The van der Waals surface area contributed by atoms with Gasteiger partial charge in [-0.3, -0.25) is 9.48 Å². The van der Waals surface area contributed by atoms with Crippen molar-refractivity contribution in [2.75, 3.05) is 6.61 Å². The zero-order chi connectivity index (χ0) is 25.4. The lowest BCUT2D eigenvalue weighted by atomic mass is 10.0. The lowest BCUT2D eigenvalue weighted by molar-refractivity contribution is 0.0993. The summed E-state index contributed by atoms with van der Waals surface area (Å²) in [4.78, 5) is 13.4. The van der Waals surface area contributed by atoms with Crippen LogP contribution in [-0.2, 0) is 19.6 Å². The van der Waals surface area contributed by atoms with Crippen LogP contribution in [0.25, 0.3) is 5.52 Å². The highest BCUT2D eigenvalue weighted by atomic mass is 19.2. The maximum absolute atomic E-state index is 14.1. The molecule has 0 aliphatic heterocycles. The van der Waals surface area contributed by atoms with E-state index in [-0.39, 0.29) is 24.7 Å². The number of Topliss-reactive ketones (excluding diaryl/α,β-unsaturated/α-hetero) is 1. The molecule has 3 aromatic heterocycles. The van der Waals surface area contributed by atoms with Gasteiger partial charge in [-0.1, -0.05) is 0 Å². The SMILES string of the molecule is Cc1cc(OCc2c(F)ccc(F)c2F)n2nc(C)c(C(=O)Cc3c(C)nn(CCO)c3C)c2c1. The normalized spacial score (nSPS) is 11.4. The number of pyridine rings is 1. The molecule has 0 saturated carbocycles. The standard InChI is InChI=1S/C25H25F3N4O3/c1-13-9-21-24(22(34)11-17-14(2)29-31(7-8-33)16(17)4)15(3)30-32(21)23(10-13)35-12-18-19(26)5-6-20(27)25(18)28/h5-6,9-10,33H,7-8,11-12H2,1-4H3. The molecule has 0 unspecified atom stereocenters. The van der Waals surface area contributed by atoms with Gasteiger partial charge in [0.1, 0.15) is 12.4 Å². The smallest absolute Gasteiger partial charge is 0.215 e. The third-order valence-electron chi connectivity index (χ3n) is 5.98. The molecule has 184 valence electrons. The van der Waals surface area contributed by atoms with E-state index in [1.165, 1.54) is 4.52 Å². The largest absolute Gasteiger partial charge is 0.473 e. The number of aliphatic hydroxyl groups is 1. The van der Waals surface area contributed by atoms with E-state index in [1.807, 2.05) is 13.8 Å². The molecule has 35 heavy (non-hydrogen) atoms. The Balaban J connectivity index is 1.69. The molecule has 0 radical (unpaired) electrons. The zero-order valence-electron chi connectivity index (χ0n) is 19.8. The molecule has 1 aromatic carbocycles. The average Bonchev–Trinajstić information content (AvgIpc) is 3.27. The van der Waals surface area contributed by atoms with Gasteiger partial charge in [0.25, 0.3) is 0 Å².